The quantitative estimate of drug-likeness (QED) is 0.438. The minimum atomic E-state index is 0.333. The molecular formula is C19H14N2O2S2. The summed E-state index contributed by atoms with van der Waals surface area (Å²) >= 11 is 6.96. The van der Waals surface area contributed by atoms with Gasteiger partial charge >= 0.3 is 0 Å². The van der Waals surface area contributed by atoms with Crippen molar-refractivity contribution in [2.45, 2.75) is 6.92 Å². The first kappa shape index (κ1) is 15.9. The van der Waals surface area contributed by atoms with Gasteiger partial charge in [-0.05, 0) is 36.8 Å². The molecule has 4 aromatic rings. The summed E-state index contributed by atoms with van der Waals surface area (Å²) in [5.74, 6) is 0.577. The summed E-state index contributed by atoms with van der Waals surface area (Å²) in [6.07, 6.45) is 0. The van der Waals surface area contributed by atoms with Crippen molar-refractivity contribution >= 4 is 34.5 Å². The highest BCUT2D eigenvalue weighted by Gasteiger charge is 2.16. The molecule has 0 saturated carbocycles. The van der Waals surface area contributed by atoms with E-state index in [4.69, 9.17) is 21.4 Å². The number of hydrogen-bond donors (Lipinski definition) is 0. The minimum absolute atomic E-state index is 0.333. The summed E-state index contributed by atoms with van der Waals surface area (Å²) in [7, 11) is 1.61. The van der Waals surface area contributed by atoms with E-state index in [1.807, 2.05) is 55.5 Å². The Morgan fingerprint density at radius 2 is 1.84 bits per heavy atom. The van der Waals surface area contributed by atoms with Crippen LogP contribution in [0.2, 0.25) is 0 Å². The standard InChI is InChI=1S/C19H14N2O2S2/c1-11-20-21-18(25-11)13-8-9-14-15(10-13)23-19(24)17(22-2)16(14)12-6-4-3-5-7-12/h3-10H,1-2H3. The molecule has 0 aliphatic heterocycles. The fourth-order valence-corrected chi connectivity index (χ4v) is 3.77. The number of ether oxygens (including phenoxy) is 1. The molecule has 2 heterocycles. The molecule has 0 aliphatic carbocycles. The van der Waals surface area contributed by atoms with Gasteiger partial charge in [-0.15, -0.1) is 10.2 Å². The highest BCUT2D eigenvalue weighted by molar-refractivity contribution is 7.71. The summed E-state index contributed by atoms with van der Waals surface area (Å²) in [5, 5.41) is 11.0. The van der Waals surface area contributed by atoms with Crippen molar-refractivity contribution < 1.29 is 9.15 Å². The molecule has 0 N–H and O–H groups in total. The molecule has 4 rings (SSSR count). The first-order valence-electron chi connectivity index (χ1n) is 7.68. The first-order chi connectivity index (χ1) is 12.2. The van der Waals surface area contributed by atoms with Gasteiger partial charge in [0, 0.05) is 16.5 Å². The van der Waals surface area contributed by atoms with Crippen molar-refractivity contribution in [3.05, 3.63) is 58.2 Å². The van der Waals surface area contributed by atoms with Gasteiger partial charge in [-0.2, -0.15) is 0 Å². The second-order valence-corrected chi connectivity index (χ2v) is 7.05. The molecule has 0 unspecified atom stereocenters. The molecule has 0 atom stereocenters. The Hall–Kier alpha value is -2.57. The molecule has 25 heavy (non-hydrogen) atoms. The van der Waals surface area contributed by atoms with Crippen LogP contribution in [0.15, 0.2) is 52.9 Å². The zero-order valence-corrected chi connectivity index (χ0v) is 15.3. The second-order valence-electron chi connectivity index (χ2n) is 5.50. The zero-order valence-electron chi connectivity index (χ0n) is 13.6. The lowest BCUT2D eigenvalue weighted by Gasteiger charge is -2.12. The average molecular weight is 366 g/mol. The van der Waals surface area contributed by atoms with Crippen LogP contribution in [-0.2, 0) is 0 Å². The van der Waals surface area contributed by atoms with Crippen LogP contribution in [0.4, 0.5) is 0 Å². The third-order valence-electron chi connectivity index (χ3n) is 3.91. The Morgan fingerprint density at radius 3 is 2.52 bits per heavy atom. The fraction of sp³-hybridized carbons (Fsp3) is 0.105. The van der Waals surface area contributed by atoms with Crippen LogP contribution in [-0.4, -0.2) is 17.3 Å². The Labute approximate surface area is 153 Å². The molecule has 124 valence electrons. The predicted octanol–water partition coefficient (Wildman–Crippen LogP) is 5.66. The summed E-state index contributed by atoms with van der Waals surface area (Å²) in [5.41, 5.74) is 3.63. The van der Waals surface area contributed by atoms with Gasteiger partial charge in [-0.25, -0.2) is 0 Å². The summed E-state index contributed by atoms with van der Waals surface area (Å²) < 4.78 is 11.7. The molecular weight excluding hydrogens is 352 g/mol. The molecule has 2 aromatic heterocycles. The highest BCUT2D eigenvalue weighted by atomic mass is 32.1. The maximum absolute atomic E-state index is 5.86. The summed E-state index contributed by atoms with van der Waals surface area (Å²) in [6, 6.07) is 16.0. The van der Waals surface area contributed by atoms with Crippen LogP contribution in [0.1, 0.15) is 5.01 Å². The molecule has 4 nitrogen and oxygen atoms in total. The van der Waals surface area contributed by atoms with Gasteiger partial charge in [-0.1, -0.05) is 47.7 Å². The molecule has 0 fully saturated rings. The Kier molecular flexibility index (Phi) is 4.07. The second kappa shape index (κ2) is 6.38. The number of fused-ring (bicyclic) bond motifs is 1. The van der Waals surface area contributed by atoms with Crippen molar-refractivity contribution in [3.63, 3.8) is 0 Å². The lowest BCUT2D eigenvalue weighted by Crippen LogP contribution is -1.91. The Morgan fingerprint density at radius 1 is 1.04 bits per heavy atom. The number of hydrogen-bond acceptors (Lipinski definition) is 6. The van der Waals surface area contributed by atoms with Crippen LogP contribution in [0.5, 0.6) is 5.75 Å². The number of aryl methyl sites for hydroxylation is 1. The third-order valence-corrected chi connectivity index (χ3v) is 5.06. The number of methoxy groups -OCH3 is 1. The lowest BCUT2D eigenvalue weighted by molar-refractivity contribution is 0.395. The summed E-state index contributed by atoms with van der Waals surface area (Å²) in [6.45, 7) is 1.94. The van der Waals surface area contributed by atoms with Crippen molar-refractivity contribution in [2.75, 3.05) is 7.11 Å². The molecule has 0 saturated heterocycles. The molecule has 0 spiro atoms. The van der Waals surface area contributed by atoms with Gasteiger partial charge in [0.25, 0.3) is 0 Å². The smallest absolute Gasteiger partial charge is 0.233 e. The predicted molar refractivity (Wildman–Crippen MR) is 103 cm³/mol. The van der Waals surface area contributed by atoms with Gasteiger partial charge < -0.3 is 9.15 Å². The van der Waals surface area contributed by atoms with Gasteiger partial charge in [0.15, 0.2) is 5.75 Å². The highest BCUT2D eigenvalue weighted by Crippen LogP contribution is 2.39. The molecule has 0 aliphatic rings. The lowest BCUT2D eigenvalue weighted by atomic mass is 10.00. The molecule has 2 aromatic carbocycles. The van der Waals surface area contributed by atoms with E-state index in [0.29, 0.717) is 16.0 Å². The van der Waals surface area contributed by atoms with Gasteiger partial charge in [-0.3, -0.25) is 0 Å². The van der Waals surface area contributed by atoms with E-state index < -0.39 is 0 Å². The van der Waals surface area contributed by atoms with E-state index in [9.17, 15) is 0 Å². The van der Waals surface area contributed by atoms with E-state index in [1.165, 1.54) is 0 Å². The van der Waals surface area contributed by atoms with Gasteiger partial charge in [0.2, 0.25) is 4.71 Å². The monoisotopic (exact) mass is 366 g/mol. The average Bonchev–Trinajstić information content (AvgIpc) is 3.07. The molecule has 0 radical (unpaired) electrons. The Balaban J connectivity index is 2.01. The number of nitrogens with zero attached hydrogens (tertiary/aromatic N) is 2. The zero-order chi connectivity index (χ0) is 17.4. The van der Waals surface area contributed by atoms with E-state index >= 15 is 0 Å². The Bertz CT molecular complexity index is 1120. The van der Waals surface area contributed by atoms with Crippen LogP contribution < -0.4 is 4.74 Å². The maximum Gasteiger partial charge on any atom is 0.233 e. The van der Waals surface area contributed by atoms with E-state index in [1.54, 1.807) is 18.4 Å². The molecule has 0 bridgehead atoms. The first-order valence-corrected chi connectivity index (χ1v) is 8.90. The van der Waals surface area contributed by atoms with Crippen LogP contribution in [0, 0.1) is 11.6 Å². The molecule has 6 heteroatoms. The van der Waals surface area contributed by atoms with E-state index in [0.717, 1.165) is 32.1 Å². The topological polar surface area (TPSA) is 48.2 Å². The fourth-order valence-electron chi connectivity index (χ4n) is 2.81. The largest absolute Gasteiger partial charge is 0.491 e. The van der Waals surface area contributed by atoms with Crippen molar-refractivity contribution in [1.29, 1.82) is 0 Å². The van der Waals surface area contributed by atoms with Gasteiger partial charge in [0.05, 0.1) is 7.11 Å². The van der Waals surface area contributed by atoms with E-state index in [2.05, 4.69) is 10.2 Å². The normalized spacial score (nSPS) is 11.0. The SMILES string of the molecule is COc1c(-c2ccccc2)c2ccc(-c3nnc(C)s3)cc2oc1=S. The number of aromatic nitrogens is 2. The van der Waals surface area contributed by atoms with Crippen molar-refractivity contribution in [3.8, 4) is 27.4 Å². The van der Waals surface area contributed by atoms with Gasteiger partial charge in [0.1, 0.15) is 15.6 Å². The maximum atomic E-state index is 5.86. The summed E-state index contributed by atoms with van der Waals surface area (Å²) in [4.78, 5) is 0. The van der Waals surface area contributed by atoms with Crippen LogP contribution in [0.3, 0.4) is 0 Å². The third kappa shape index (κ3) is 2.83. The van der Waals surface area contributed by atoms with Crippen molar-refractivity contribution in [2.24, 2.45) is 0 Å². The molecule has 0 amide bonds. The van der Waals surface area contributed by atoms with Crippen molar-refractivity contribution in [1.82, 2.24) is 10.2 Å². The number of benzene rings is 2. The van der Waals surface area contributed by atoms with Crippen LogP contribution in [0.25, 0.3) is 32.7 Å². The minimum Gasteiger partial charge on any atom is -0.491 e. The van der Waals surface area contributed by atoms with Crippen LogP contribution >= 0.6 is 23.6 Å². The number of rotatable bonds is 3. The van der Waals surface area contributed by atoms with E-state index in [-0.39, 0.29) is 0 Å².